The van der Waals surface area contributed by atoms with E-state index in [-0.39, 0.29) is 11.3 Å². The highest BCUT2D eigenvalue weighted by molar-refractivity contribution is 5.98. The van der Waals surface area contributed by atoms with Crippen LogP contribution in [0.1, 0.15) is 60.4 Å². The van der Waals surface area contributed by atoms with Crippen LogP contribution in [0.5, 0.6) is 5.75 Å². The number of hydrogen-bond acceptors (Lipinski definition) is 3. The fourth-order valence-corrected chi connectivity index (χ4v) is 8.48. The highest BCUT2D eigenvalue weighted by Gasteiger charge is 2.74. The van der Waals surface area contributed by atoms with E-state index in [1.807, 2.05) is 0 Å². The predicted octanol–water partition coefficient (Wildman–Crippen LogP) is 5.16. The average molecular weight is 506 g/mol. The predicted molar refractivity (Wildman–Crippen MR) is 119 cm³/mol. The molecule has 1 aromatic carbocycles. The van der Waals surface area contributed by atoms with Crippen molar-refractivity contribution in [3.05, 3.63) is 40.7 Å². The monoisotopic (exact) mass is 505 g/mol. The zero-order valence-corrected chi connectivity index (χ0v) is 19.6. The molecule has 1 N–H and O–H groups in total. The first-order valence-corrected chi connectivity index (χ1v) is 12.8. The highest BCUT2D eigenvalue weighted by Crippen LogP contribution is 2.79. The van der Waals surface area contributed by atoms with E-state index in [1.54, 1.807) is 0 Å². The molecule has 6 unspecified atom stereocenters. The first-order valence-electron chi connectivity index (χ1n) is 12.8. The molecule has 8 rings (SSSR count). The van der Waals surface area contributed by atoms with Gasteiger partial charge in [-0.15, -0.1) is 0 Å². The van der Waals surface area contributed by atoms with E-state index < -0.39 is 47.6 Å². The molecule has 192 valence electrons. The van der Waals surface area contributed by atoms with Crippen LogP contribution >= 0.6 is 0 Å². The number of amides is 1. The van der Waals surface area contributed by atoms with Gasteiger partial charge in [-0.3, -0.25) is 4.79 Å². The number of halogens is 4. The Labute approximate surface area is 205 Å². The number of alkyl halides is 3. The van der Waals surface area contributed by atoms with E-state index in [1.165, 1.54) is 37.8 Å². The molecule has 7 atom stereocenters. The molecular weight excluding hydrogens is 478 g/mol. The molecule has 1 heterocycles. The highest BCUT2D eigenvalue weighted by atomic mass is 19.4. The number of ether oxygens (including phenoxy) is 1. The first kappa shape index (κ1) is 22.6. The Hall–Kier alpha value is -2.58. The average Bonchev–Trinajstić information content (AvgIpc) is 3.70. The summed E-state index contributed by atoms with van der Waals surface area (Å²) in [5, 5.41) is 9.40. The van der Waals surface area contributed by atoms with E-state index in [4.69, 9.17) is 4.74 Å². The van der Waals surface area contributed by atoms with E-state index in [9.17, 15) is 27.9 Å². The SMILES string of the molecule is O=C(O)[C@@H]1C=C(C(F)(F)F)CN1C(=O)c1cc(C2CC2)c(OCC23CC4CC(C2)C2C(C4)C23)cc1F. The summed E-state index contributed by atoms with van der Waals surface area (Å²) < 4.78 is 61.2. The molecule has 5 nitrogen and oxygen atoms in total. The summed E-state index contributed by atoms with van der Waals surface area (Å²) in [6, 6.07) is 0.761. The molecule has 1 aliphatic heterocycles. The molecule has 6 fully saturated rings. The third-order valence-electron chi connectivity index (χ3n) is 9.86. The van der Waals surface area contributed by atoms with Gasteiger partial charge in [0.25, 0.3) is 5.91 Å². The smallest absolute Gasteiger partial charge is 0.414 e. The Kier molecular flexibility index (Phi) is 4.56. The number of hydrogen-bond donors (Lipinski definition) is 1. The molecule has 9 heteroatoms. The summed E-state index contributed by atoms with van der Waals surface area (Å²) >= 11 is 0. The van der Waals surface area contributed by atoms with Gasteiger partial charge < -0.3 is 14.7 Å². The molecule has 0 aromatic heterocycles. The topological polar surface area (TPSA) is 66.8 Å². The lowest BCUT2D eigenvalue weighted by molar-refractivity contribution is -0.140. The van der Waals surface area contributed by atoms with Crippen molar-refractivity contribution in [3.8, 4) is 5.75 Å². The van der Waals surface area contributed by atoms with Crippen LogP contribution in [0.2, 0.25) is 0 Å². The molecule has 4 bridgehead atoms. The second-order valence-electron chi connectivity index (χ2n) is 12.0. The number of aliphatic carboxylic acids is 1. The lowest BCUT2D eigenvalue weighted by Crippen LogP contribution is -2.42. The third-order valence-corrected chi connectivity index (χ3v) is 9.86. The van der Waals surface area contributed by atoms with Crippen LogP contribution in [0, 0.1) is 40.8 Å². The Bertz CT molecular complexity index is 1210. The molecule has 0 spiro atoms. The number of benzene rings is 1. The van der Waals surface area contributed by atoms with E-state index in [2.05, 4.69) is 0 Å². The van der Waals surface area contributed by atoms with Crippen LogP contribution in [-0.2, 0) is 4.79 Å². The summed E-state index contributed by atoms with van der Waals surface area (Å²) in [5.41, 5.74) is -0.678. The number of nitrogens with zero attached hydrogens (tertiary/aromatic N) is 1. The summed E-state index contributed by atoms with van der Waals surface area (Å²) in [5.74, 6) is 0.910. The van der Waals surface area contributed by atoms with Gasteiger partial charge in [0.15, 0.2) is 0 Å². The third kappa shape index (κ3) is 3.26. The van der Waals surface area contributed by atoms with Crippen LogP contribution in [-0.4, -0.2) is 47.3 Å². The number of carboxylic acid groups (broad SMARTS) is 1. The van der Waals surface area contributed by atoms with Crippen LogP contribution < -0.4 is 4.74 Å². The number of rotatable bonds is 6. The number of carboxylic acids is 1. The summed E-state index contributed by atoms with van der Waals surface area (Å²) in [6.07, 6.45) is 2.48. The minimum atomic E-state index is -4.77. The molecular formula is C27H27F4NO4. The van der Waals surface area contributed by atoms with Crippen LogP contribution in [0.3, 0.4) is 0 Å². The van der Waals surface area contributed by atoms with Crippen molar-refractivity contribution < 1.29 is 37.0 Å². The largest absolute Gasteiger partial charge is 0.493 e. The number of carbonyl (C=O) groups excluding carboxylic acids is 1. The van der Waals surface area contributed by atoms with Gasteiger partial charge in [0, 0.05) is 11.5 Å². The number of carbonyl (C=O) groups is 2. The summed E-state index contributed by atoms with van der Waals surface area (Å²) in [4.78, 5) is 25.3. The van der Waals surface area contributed by atoms with Crippen molar-refractivity contribution in [1.29, 1.82) is 0 Å². The van der Waals surface area contributed by atoms with Crippen molar-refractivity contribution in [2.45, 2.75) is 56.7 Å². The van der Waals surface area contributed by atoms with E-state index >= 15 is 4.39 Å². The molecule has 36 heavy (non-hydrogen) atoms. The molecule has 6 aliphatic carbocycles. The van der Waals surface area contributed by atoms with Crippen molar-refractivity contribution in [3.63, 3.8) is 0 Å². The zero-order chi connectivity index (χ0) is 25.1. The van der Waals surface area contributed by atoms with Gasteiger partial charge in [-0.05, 0) is 91.7 Å². The second-order valence-corrected chi connectivity index (χ2v) is 12.0. The molecule has 7 aliphatic rings. The normalized spacial score (nSPS) is 37.8. The van der Waals surface area contributed by atoms with Gasteiger partial charge in [0.05, 0.1) is 24.3 Å². The zero-order valence-electron chi connectivity index (χ0n) is 19.6. The minimum Gasteiger partial charge on any atom is -0.493 e. The summed E-state index contributed by atoms with van der Waals surface area (Å²) in [7, 11) is 0. The van der Waals surface area contributed by atoms with Crippen molar-refractivity contribution in [1.82, 2.24) is 4.90 Å². The van der Waals surface area contributed by atoms with Crippen molar-refractivity contribution >= 4 is 11.9 Å². The van der Waals surface area contributed by atoms with Gasteiger partial charge >= 0.3 is 12.1 Å². The van der Waals surface area contributed by atoms with E-state index in [0.717, 1.165) is 42.4 Å². The van der Waals surface area contributed by atoms with Crippen LogP contribution in [0.25, 0.3) is 0 Å². The molecule has 1 aromatic rings. The van der Waals surface area contributed by atoms with Crippen LogP contribution in [0.15, 0.2) is 23.8 Å². The van der Waals surface area contributed by atoms with Gasteiger partial charge in [-0.1, -0.05) is 0 Å². The van der Waals surface area contributed by atoms with Crippen molar-refractivity contribution in [2.75, 3.05) is 13.2 Å². The second kappa shape index (κ2) is 7.25. The van der Waals surface area contributed by atoms with Gasteiger partial charge in [0.2, 0.25) is 0 Å². The van der Waals surface area contributed by atoms with Gasteiger partial charge in [-0.2, -0.15) is 13.2 Å². The van der Waals surface area contributed by atoms with Gasteiger partial charge in [0.1, 0.15) is 17.6 Å². The maximum Gasteiger partial charge on any atom is 0.414 e. The fourth-order valence-electron chi connectivity index (χ4n) is 8.48. The first-order chi connectivity index (χ1) is 17.1. The lowest BCUT2D eigenvalue weighted by Gasteiger charge is -2.46. The molecule has 0 saturated heterocycles. The Balaban J connectivity index is 1.15. The molecule has 1 amide bonds. The Morgan fingerprint density at radius 3 is 2.61 bits per heavy atom. The lowest BCUT2D eigenvalue weighted by atomic mass is 9.60. The minimum absolute atomic E-state index is 0.104. The van der Waals surface area contributed by atoms with Crippen molar-refractivity contribution in [2.24, 2.45) is 35.0 Å². The molecule has 6 saturated carbocycles. The maximum absolute atomic E-state index is 15.3. The molecule has 0 radical (unpaired) electrons. The van der Waals surface area contributed by atoms with Crippen LogP contribution in [0.4, 0.5) is 17.6 Å². The standard InChI is InChI=1S/C27H27F4NO4/c28-19-7-21(36-11-26-8-12-3-14(9-26)22-18(4-12)23(22)26)16(13-1-2-13)6-17(19)24(33)32-10-15(27(29,30)31)5-20(32)25(34)35/h5-7,12-14,18,20,22-23H,1-4,8-11H2,(H,34,35)/t12?,14?,18?,20-,22?,23?,26?/m0/s1. The van der Waals surface area contributed by atoms with Gasteiger partial charge in [-0.25, -0.2) is 9.18 Å². The Morgan fingerprint density at radius 2 is 1.94 bits per heavy atom. The summed E-state index contributed by atoms with van der Waals surface area (Å²) in [6.45, 7) is -0.388. The van der Waals surface area contributed by atoms with E-state index in [0.29, 0.717) is 28.9 Å². The quantitative estimate of drug-likeness (QED) is 0.428. The maximum atomic E-state index is 15.3. The fraction of sp³-hybridized carbons (Fsp3) is 0.630. The Morgan fingerprint density at radius 1 is 1.17 bits per heavy atom.